The number of likely N-dealkylation sites (tertiary alicyclic amines) is 1. The van der Waals surface area contributed by atoms with Crippen molar-refractivity contribution in [2.24, 2.45) is 11.8 Å². The minimum atomic E-state index is -0.414. The Labute approximate surface area is 285 Å². The molecule has 8 rings (SSSR count). The Balaban J connectivity index is 0.000000165. The number of aliphatic hydroxyl groups excluding tert-OH is 1. The van der Waals surface area contributed by atoms with Crippen LogP contribution in [0.5, 0.6) is 5.88 Å². The van der Waals surface area contributed by atoms with Gasteiger partial charge in [-0.3, -0.25) is 9.69 Å². The van der Waals surface area contributed by atoms with Gasteiger partial charge < -0.3 is 34.2 Å². The van der Waals surface area contributed by atoms with Crippen LogP contribution < -0.4 is 19.9 Å². The first kappa shape index (κ1) is 33.6. The molecule has 2 aromatic rings. The van der Waals surface area contributed by atoms with Crippen LogP contribution in [-0.4, -0.2) is 102 Å². The molecule has 2 saturated carbocycles. The van der Waals surface area contributed by atoms with Gasteiger partial charge in [0.1, 0.15) is 12.0 Å². The summed E-state index contributed by atoms with van der Waals surface area (Å²) in [7, 11) is 1.41. The first-order chi connectivity index (χ1) is 23.3. The third-order valence-corrected chi connectivity index (χ3v) is 12.1. The van der Waals surface area contributed by atoms with Gasteiger partial charge in [-0.1, -0.05) is 19.0 Å². The summed E-state index contributed by atoms with van der Waals surface area (Å²) in [6.45, 7) is 10.2. The van der Waals surface area contributed by atoms with Crippen LogP contribution in [0.3, 0.4) is 0 Å². The molecule has 4 saturated heterocycles. The molecule has 0 aromatic carbocycles. The van der Waals surface area contributed by atoms with Crippen LogP contribution in [0.15, 0.2) is 28.9 Å². The molecule has 2 aromatic heterocycles. The van der Waals surface area contributed by atoms with E-state index >= 15 is 0 Å². The van der Waals surface area contributed by atoms with Gasteiger partial charge in [-0.2, -0.15) is 0 Å². The molecule has 3 atom stereocenters. The van der Waals surface area contributed by atoms with E-state index in [9.17, 15) is 9.90 Å². The summed E-state index contributed by atoms with van der Waals surface area (Å²) >= 11 is 0. The van der Waals surface area contributed by atoms with Crippen molar-refractivity contribution in [3.63, 3.8) is 0 Å². The maximum Gasteiger partial charge on any atom is 0.316 e. The number of esters is 1. The number of hydrogen-bond acceptors (Lipinski definition) is 11. The number of aromatic nitrogens is 2. The third-order valence-electron chi connectivity index (χ3n) is 12.1. The minimum Gasteiger partial charge on any atom is -0.474 e. The van der Waals surface area contributed by atoms with Crippen molar-refractivity contribution in [2.45, 2.75) is 120 Å². The highest BCUT2D eigenvalue weighted by Gasteiger charge is 2.54. The number of fused-ring (bicyclic) bond motifs is 2. The van der Waals surface area contributed by atoms with Crippen molar-refractivity contribution in [3.05, 3.63) is 30.2 Å². The normalized spacial score (nSPS) is 26.9. The zero-order chi connectivity index (χ0) is 33.3. The smallest absolute Gasteiger partial charge is 0.316 e. The van der Waals surface area contributed by atoms with Crippen LogP contribution in [-0.2, 0) is 9.53 Å². The van der Waals surface area contributed by atoms with Crippen molar-refractivity contribution in [3.8, 4) is 5.88 Å². The summed E-state index contributed by atoms with van der Waals surface area (Å²) < 4.78 is 16.4. The molecule has 6 aliphatic rings. The topological polar surface area (TPSA) is 116 Å². The van der Waals surface area contributed by atoms with E-state index in [4.69, 9.17) is 14.0 Å². The molecule has 0 radical (unpaired) electrons. The Hall–Kier alpha value is -2.89. The summed E-state index contributed by atoms with van der Waals surface area (Å²) in [5.41, 5.74) is 1.67. The highest BCUT2D eigenvalue weighted by molar-refractivity contribution is 5.77. The maximum atomic E-state index is 12.1. The second kappa shape index (κ2) is 14.5. The number of anilines is 2. The van der Waals surface area contributed by atoms with Crippen LogP contribution in [0, 0.1) is 11.8 Å². The first-order valence-corrected chi connectivity index (χ1v) is 18.7. The van der Waals surface area contributed by atoms with Gasteiger partial charge in [0.25, 0.3) is 0 Å². The van der Waals surface area contributed by atoms with Crippen molar-refractivity contribution in [1.82, 2.24) is 20.4 Å². The zero-order valence-electron chi connectivity index (χ0n) is 29.2. The zero-order valence-corrected chi connectivity index (χ0v) is 29.2. The number of methoxy groups -OCH3 is 1. The maximum absolute atomic E-state index is 12.1. The molecule has 2 aliphatic carbocycles. The largest absolute Gasteiger partial charge is 0.474 e. The van der Waals surface area contributed by atoms with Crippen LogP contribution in [0.1, 0.15) is 96.2 Å². The number of nitrogens with one attached hydrogen (secondary N) is 1. The lowest BCUT2D eigenvalue weighted by atomic mass is 9.85. The number of pyridine rings is 1. The van der Waals surface area contributed by atoms with Gasteiger partial charge in [-0.25, -0.2) is 4.98 Å². The Kier molecular flexibility index (Phi) is 10.2. The molecule has 4 aliphatic heterocycles. The van der Waals surface area contributed by atoms with E-state index in [1.807, 2.05) is 26.1 Å². The summed E-state index contributed by atoms with van der Waals surface area (Å²) in [6, 6.07) is 7.48. The van der Waals surface area contributed by atoms with E-state index in [2.05, 4.69) is 42.3 Å². The number of rotatable bonds is 9. The van der Waals surface area contributed by atoms with Gasteiger partial charge in [-0.15, -0.1) is 0 Å². The van der Waals surface area contributed by atoms with E-state index in [0.717, 1.165) is 82.6 Å². The molecule has 48 heavy (non-hydrogen) atoms. The molecule has 2 bridgehead atoms. The fraction of sp³-hybridized carbons (Fsp3) is 0.757. The lowest BCUT2D eigenvalue weighted by Crippen LogP contribution is -2.52. The summed E-state index contributed by atoms with van der Waals surface area (Å²) in [5, 5.41) is 17.6. The highest BCUT2D eigenvalue weighted by atomic mass is 16.5. The molecule has 0 spiro atoms. The lowest BCUT2D eigenvalue weighted by molar-refractivity contribution is -0.144. The second-order valence-electron chi connectivity index (χ2n) is 15.4. The number of nitrogens with zero attached hydrogens (tertiary/aromatic N) is 5. The number of ether oxygens (including phenoxy) is 2. The van der Waals surface area contributed by atoms with Crippen molar-refractivity contribution >= 4 is 17.5 Å². The quantitative estimate of drug-likeness (QED) is 0.362. The number of carbonyl (C=O) groups is 1. The van der Waals surface area contributed by atoms with Gasteiger partial charge in [0.2, 0.25) is 5.88 Å². The molecular weight excluding hydrogens is 608 g/mol. The molecule has 11 heteroatoms. The Morgan fingerprint density at radius 2 is 1.71 bits per heavy atom. The van der Waals surface area contributed by atoms with E-state index < -0.39 is 5.92 Å². The summed E-state index contributed by atoms with van der Waals surface area (Å²) in [4.78, 5) is 24.0. The van der Waals surface area contributed by atoms with E-state index in [0.29, 0.717) is 29.5 Å². The predicted octanol–water partition coefficient (Wildman–Crippen LogP) is 4.75. The van der Waals surface area contributed by atoms with Gasteiger partial charge in [0.05, 0.1) is 13.2 Å². The Morgan fingerprint density at radius 3 is 2.31 bits per heavy atom. The van der Waals surface area contributed by atoms with Crippen LogP contribution in [0.25, 0.3) is 0 Å². The number of hydrogen-bond donors (Lipinski definition) is 2. The van der Waals surface area contributed by atoms with Gasteiger partial charge in [0, 0.05) is 80.9 Å². The Bertz CT molecular complexity index is 1350. The molecule has 0 amide bonds. The van der Waals surface area contributed by atoms with Crippen LogP contribution >= 0.6 is 0 Å². The van der Waals surface area contributed by atoms with E-state index in [-0.39, 0.29) is 18.0 Å². The number of carbonyl (C=O) groups excluding carboxylic acids is 1. The van der Waals surface area contributed by atoms with Crippen LogP contribution in [0.2, 0.25) is 0 Å². The average molecular weight is 665 g/mol. The molecule has 3 unspecified atom stereocenters. The molecule has 2 N–H and O–H groups in total. The standard InChI is InChI=1S/C22H35N3O4.C15H21N3O/c1-15(2)20(21(27)28-3)18-14-19(23-29-18)24-10-4-16(5-11-24)22(8-9-22)25-12-6-17(26)7-13-25;1-2-14(3-1)19-15-8-11(6-7-17-15)18-12-4-5-13(18)10-16-9-12/h14-17,20,26H,4-13H2,1-3H3;6-8,12-14,16H,1-5,9-10H2. The second-order valence-corrected chi connectivity index (χ2v) is 15.4. The highest BCUT2D eigenvalue weighted by Crippen LogP contribution is 2.52. The number of aliphatic hydroxyl groups is 1. The monoisotopic (exact) mass is 664 g/mol. The van der Waals surface area contributed by atoms with Crippen molar-refractivity contribution in [2.75, 3.05) is 56.2 Å². The molecule has 6 heterocycles. The number of piperazine rings is 1. The van der Waals surface area contributed by atoms with Gasteiger partial charge in [-0.05, 0) is 88.5 Å². The first-order valence-electron chi connectivity index (χ1n) is 18.7. The molecular formula is C37H56N6O5. The van der Waals surface area contributed by atoms with Crippen molar-refractivity contribution in [1.29, 1.82) is 0 Å². The fourth-order valence-electron chi connectivity index (χ4n) is 8.97. The SMILES string of the molecule is COC(=O)C(c1cc(N2CCC(C3(N4CCC(O)CC4)CC3)CC2)no1)C(C)C.c1cc(N2C3CCC2CNC3)cc(OC2CCC2)n1. The predicted molar refractivity (Wildman–Crippen MR) is 184 cm³/mol. The van der Waals surface area contributed by atoms with E-state index in [1.54, 1.807) is 0 Å². The third kappa shape index (κ3) is 7.05. The van der Waals surface area contributed by atoms with Gasteiger partial charge >= 0.3 is 5.97 Å². The molecule has 6 fully saturated rings. The van der Waals surface area contributed by atoms with Crippen molar-refractivity contribution < 1.29 is 23.9 Å². The minimum absolute atomic E-state index is 0.0896. The molecule has 11 nitrogen and oxygen atoms in total. The molecule has 264 valence electrons. The van der Waals surface area contributed by atoms with E-state index in [1.165, 1.54) is 57.7 Å². The summed E-state index contributed by atoms with van der Waals surface area (Å²) in [6.07, 6.45) is 15.2. The lowest BCUT2D eigenvalue weighted by Gasteiger charge is -2.44. The fourth-order valence-corrected chi connectivity index (χ4v) is 8.97. The number of piperidine rings is 2. The Morgan fingerprint density at radius 1 is 1.00 bits per heavy atom. The van der Waals surface area contributed by atoms with Crippen LogP contribution in [0.4, 0.5) is 11.5 Å². The van der Waals surface area contributed by atoms with Gasteiger partial charge in [0.15, 0.2) is 11.6 Å². The average Bonchev–Trinajstić information content (AvgIpc) is 3.68. The summed E-state index contributed by atoms with van der Waals surface area (Å²) in [5.74, 6) is 2.35.